The average Bonchev–Trinajstić information content (AvgIpc) is 3.64. The van der Waals surface area contributed by atoms with Crippen LogP contribution in [-0.4, -0.2) is 100 Å². The first-order chi connectivity index (χ1) is 43.2. The monoisotopic (exact) mass is 1250 g/mol. The number of amides is 1. The number of aliphatic hydroxyl groups is 5. The van der Waals surface area contributed by atoms with Crippen molar-refractivity contribution in [2.75, 3.05) is 19.8 Å². The van der Waals surface area contributed by atoms with Crippen LogP contribution in [0.5, 0.6) is 0 Å². The fourth-order valence-corrected chi connectivity index (χ4v) is 12.8. The maximum absolute atomic E-state index is 13.1. The van der Waals surface area contributed by atoms with Crippen molar-refractivity contribution < 1.29 is 49.3 Å². The van der Waals surface area contributed by atoms with Gasteiger partial charge < -0.3 is 45.1 Å². The molecule has 1 aliphatic rings. The zero-order chi connectivity index (χ0) is 63.7. The van der Waals surface area contributed by atoms with E-state index in [4.69, 9.17) is 14.2 Å². The Bertz CT molecular complexity index is 1460. The molecule has 1 aliphatic heterocycles. The first kappa shape index (κ1) is 84.4. The van der Waals surface area contributed by atoms with Gasteiger partial charge in [-0.05, 0) is 32.1 Å². The number of aliphatic hydroxyl groups excluding tert-OH is 5. The van der Waals surface area contributed by atoms with Gasteiger partial charge in [0.2, 0.25) is 5.91 Å². The number of esters is 1. The molecule has 1 rings (SSSR count). The third kappa shape index (κ3) is 54.9. The SMILES string of the molecule is CCCCCCCCCCCC/C=C/C(O)C(COC1OC(CO)C(O)C(O)C1O)NC(=O)CCCCCCCCCCCCCCCCCCCCCCCCCCCCCCCCCCCCCCCOC(=O)CCCCCCCCCCCCC. The van der Waals surface area contributed by atoms with Gasteiger partial charge in [-0.15, -0.1) is 0 Å². The van der Waals surface area contributed by atoms with Gasteiger partial charge in [0.1, 0.15) is 24.4 Å². The molecule has 0 aromatic heterocycles. The summed E-state index contributed by atoms with van der Waals surface area (Å²) in [6, 6.07) is -0.804. The fraction of sp³-hybridized carbons (Fsp3) is 0.948. The highest BCUT2D eigenvalue weighted by molar-refractivity contribution is 5.76. The van der Waals surface area contributed by atoms with Gasteiger partial charge in [0.25, 0.3) is 0 Å². The molecule has 0 aromatic rings. The van der Waals surface area contributed by atoms with E-state index in [0.717, 1.165) is 51.4 Å². The van der Waals surface area contributed by atoms with Crippen LogP contribution in [0.3, 0.4) is 0 Å². The summed E-state index contributed by atoms with van der Waals surface area (Å²) in [7, 11) is 0. The van der Waals surface area contributed by atoms with Crippen LogP contribution >= 0.6 is 0 Å². The summed E-state index contributed by atoms with van der Waals surface area (Å²) < 4.78 is 16.8. The van der Waals surface area contributed by atoms with Crippen LogP contribution in [-0.2, 0) is 23.8 Å². The lowest BCUT2D eigenvalue weighted by atomic mass is 9.99. The van der Waals surface area contributed by atoms with Crippen molar-refractivity contribution in [2.24, 2.45) is 0 Å². The van der Waals surface area contributed by atoms with Gasteiger partial charge in [-0.2, -0.15) is 0 Å². The van der Waals surface area contributed by atoms with Gasteiger partial charge in [-0.1, -0.05) is 373 Å². The Morgan fingerprint density at radius 3 is 1.06 bits per heavy atom. The molecular formula is C77H149NO10. The fourth-order valence-electron chi connectivity index (χ4n) is 12.8. The van der Waals surface area contributed by atoms with Crippen molar-refractivity contribution in [3.05, 3.63) is 12.2 Å². The van der Waals surface area contributed by atoms with E-state index < -0.39 is 49.5 Å². The quantitative estimate of drug-likeness (QED) is 0.0195. The van der Waals surface area contributed by atoms with Crippen molar-refractivity contribution in [1.82, 2.24) is 5.32 Å². The van der Waals surface area contributed by atoms with E-state index in [1.807, 2.05) is 6.08 Å². The molecule has 11 heteroatoms. The van der Waals surface area contributed by atoms with Crippen LogP contribution in [0.15, 0.2) is 12.2 Å². The van der Waals surface area contributed by atoms with Crippen molar-refractivity contribution in [3.8, 4) is 0 Å². The highest BCUT2D eigenvalue weighted by Crippen LogP contribution is 2.24. The Labute approximate surface area is 544 Å². The maximum Gasteiger partial charge on any atom is 0.305 e. The Hall–Kier alpha value is -1.60. The predicted octanol–water partition coefficient (Wildman–Crippen LogP) is 20.6. The van der Waals surface area contributed by atoms with Gasteiger partial charge in [-0.25, -0.2) is 0 Å². The first-order valence-electron chi connectivity index (χ1n) is 39.0. The van der Waals surface area contributed by atoms with Crippen LogP contribution < -0.4 is 5.32 Å². The van der Waals surface area contributed by atoms with E-state index in [-0.39, 0.29) is 18.5 Å². The summed E-state index contributed by atoms with van der Waals surface area (Å²) in [6.07, 6.45) is 73.9. The van der Waals surface area contributed by atoms with Gasteiger partial charge in [0, 0.05) is 12.8 Å². The Kier molecular flexibility index (Phi) is 64.1. The largest absolute Gasteiger partial charge is 0.466 e. The number of rotatable bonds is 70. The summed E-state index contributed by atoms with van der Waals surface area (Å²) in [6.45, 7) is 4.39. The number of hydrogen-bond acceptors (Lipinski definition) is 10. The molecule has 0 bridgehead atoms. The number of unbranched alkanes of at least 4 members (excludes halogenated alkanes) is 56. The molecule has 0 aromatic carbocycles. The molecule has 6 N–H and O–H groups in total. The summed E-state index contributed by atoms with van der Waals surface area (Å²) in [5, 5.41) is 54.5. The van der Waals surface area contributed by atoms with E-state index in [9.17, 15) is 35.1 Å². The van der Waals surface area contributed by atoms with Crippen molar-refractivity contribution >= 4 is 11.9 Å². The highest BCUT2D eigenvalue weighted by Gasteiger charge is 2.44. The summed E-state index contributed by atoms with van der Waals surface area (Å²) >= 11 is 0. The van der Waals surface area contributed by atoms with Crippen LogP contribution in [0.1, 0.15) is 406 Å². The molecule has 7 unspecified atom stereocenters. The Balaban J connectivity index is 1.88. The Morgan fingerprint density at radius 1 is 0.409 bits per heavy atom. The molecular weight excluding hydrogens is 1100 g/mol. The van der Waals surface area contributed by atoms with Crippen molar-refractivity contribution in [2.45, 2.75) is 448 Å². The van der Waals surface area contributed by atoms with Gasteiger partial charge in [0.15, 0.2) is 6.29 Å². The molecule has 0 radical (unpaired) electrons. The number of hydrogen-bond donors (Lipinski definition) is 6. The number of ether oxygens (including phenoxy) is 3. The summed E-state index contributed by atoms with van der Waals surface area (Å²) in [5.41, 5.74) is 0. The molecule has 522 valence electrons. The minimum atomic E-state index is -1.57. The maximum atomic E-state index is 13.1. The zero-order valence-electron chi connectivity index (χ0n) is 58.2. The van der Waals surface area contributed by atoms with Crippen LogP contribution in [0, 0.1) is 0 Å². The predicted molar refractivity (Wildman–Crippen MR) is 371 cm³/mol. The normalized spacial score (nSPS) is 17.7. The second-order valence-corrected chi connectivity index (χ2v) is 27.4. The smallest absolute Gasteiger partial charge is 0.305 e. The second-order valence-electron chi connectivity index (χ2n) is 27.4. The second kappa shape index (κ2) is 66.8. The minimum Gasteiger partial charge on any atom is -0.466 e. The molecule has 1 saturated heterocycles. The lowest BCUT2D eigenvalue weighted by molar-refractivity contribution is -0.302. The number of carbonyl (C=O) groups is 2. The highest BCUT2D eigenvalue weighted by atomic mass is 16.7. The lowest BCUT2D eigenvalue weighted by Gasteiger charge is -2.40. The molecule has 1 fully saturated rings. The van der Waals surface area contributed by atoms with Crippen molar-refractivity contribution in [3.63, 3.8) is 0 Å². The van der Waals surface area contributed by atoms with Crippen LogP contribution in [0.2, 0.25) is 0 Å². The van der Waals surface area contributed by atoms with E-state index in [1.165, 1.54) is 327 Å². The van der Waals surface area contributed by atoms with Crippen LogP contribution in [0.4, 0.5) is 0 Å². The van der Waals surface area contributed by atoms with E-state index in [1.54, 1.807) is 6.08 Å². The molecule has 88 heavy (non-hydrogen) atoms. The van der Waals surface area contributed by atoms with Gasteiger partial charge in [-0.3, -0.25) is 9.59 Å². The molecule has 0 aliphatic carbocycles. The lowest BCUT2D eigenvalue weighted by Crippen LogP contribution is -2.60. The zero-order valence-corrected chi connectivity index (χ0v) is 58.2. The van der Waals surface area contributed by atoms with E-state index >= 15 is 0 Å². The molecule has 1 heterocycles. The van der Waals surface area contributed by atoms with E-state index in [0.29, 0.717) is 19.4 Å². The van der Waals surface area contributed by atoms with Gasteiger partial charge in [0.05, 0.1) is 32.0 Å². The summed E-state index contributed by atoms with van der Waals surface area (Å²) in [4.78, 5) is 25.1. The van der Waals surface area contributed by atoms with Crippen molar-refractivity contribution in [1.29, 1.82) is 0 Å². The van der Waals surface area contributed by atoms with E-state index in [2.05, 4.69) is 19.2 Å². The Morgan fingerprint density at radius 2 is 0.716 bits per heavy atom. The standard InChI is InChI=1S/C77H149NO10/c1-3-5-7-9-11-13-15-44-47-51-55-59-63-70(80)69(68-87-77-76(85)75(84)74(83)71(67-79)88-77)78-72(81)64-60-56-52-48-45-41-39-37-35-33-31-29-27-25-23-21-19-17-16-18-20-22-24-26-28-30-32-34-36-38-40-42-46-50-54-58-62-66-86-73(82)65-61-57-53-49-43-14-12-10-8-6-4-2/h59,63,69-71,74-77,79-80,83-85H,3-58,60-62,64-68H2,1-2H3,(H,78,81)/b63-59+. The topological polar surface area (TPSA) is 175 Å². The molecule has 7 atom stereocenters. The molecule has 1 amide bonds. The third-order valence-corrected chi connectivity index (χ3v) is 18.9. The number of allylic oxidation sites excluding steroid dienone is 1. The molecule has 0 saturated carbocycles. The molecule has 11 nitrogen and oxygen atoms in total. The third-order valence-electron chi connectivity index (χ3n) is 18.9. The number of carbonyl (C=O) groups excluding carboxylic acids is 2. The van der Waals surface area contributed by atoms with Gasteiger partial charge >= 0.3 is 5.97 Å². The number of nitrogens with one attached hydrogen (secondary N) is 1. The average molecular weight is 1250 g/mol. The molecule has 0 spiro atoms. The first-order valence-corrected chi connectivity index (χ1v) is 39.0. The van der Waals surface area contributed by atoms with Crippen LogP contribution in [0.25, 0.3) is 0 Å². The minimum absolute atomic E-state index is 0.0178. The summed E-state index contributed by atoms with van der Waals surface area (Å²) in [5.74, 6) is -0.156.